The van der Waals surface area contributed by atoms with Crippen LogP contribution >= 0.6 is 0 Å². The van der Waals surface area contributed by atoms with Crippen molar-refractivity contribution in [3.8, 4) is 5.75 Å². The second-order valence-electron chi connectivity index (χ2n) is 4.16. The lowest BCUT2D eigenvalue weighted by Crippen LogP contribution is -2.39. The molecule has 2 aromatic carbocycles. The number of carbonyl (C=O) groups excluding carboxylic acids is 1. The highest BCUT2D eigenvalue weighted by molar-refractivity contribution is 5.88. The molecule has 2 N–H and O–H groups in total. The van der Waals surface area contributed by atoms with Crippen molar-refractivity contribution in [2.24, 2.45) is 0 Å². The van der Waals surface area contributed by atoms with Crippen molar-refractivity contribution in [2.45, 2.75) is 13.3 Å². The molecule has 5 heteroatoms. The van der Waals surface area contributed by atoms with E-state index in [9.17, 15) is 10.0 Å². The van der Waals surface area contributed by atoms with Crippen LogP contribution in [0.2, 0.25) is 0 Å². The summed E-state index contributed by atoms with van der Waals surface area (Å²) in [5.74, 6) is 0.513. The van der Waals surface area contributed by atoms with E-state index >= 15 is 0 Å². The van der Waals surface area contributed by atoms with E-state index in [0.717, 1.165) is 12.0 Å². The number of nitrogens with zero attached hydrogens (tertiary/aromatic N) is 1. The minimum absolute atomic E-state index is 0.357. The fourth-order valence-corrected chi connectivity index (χ4v) is 1.66. The zero-order valence-electron chi connectivity index (χ0n) is 11.1. The second kappa shape index (κ2) is 6.58. The van der Waals surface area contributed by atoms with Gasteiger partial charge in [0.25, 0.3) is 0 Å². The van der Waals surface area contributed by atoms with E-state index in [4.69, 9.17) is 4.84 Å². The molecule has 2 rings (SSSR count). The first kappa shape index (κ1) is 13.9. The number of amides is 2. The maximum Gasteiger partial charge on any atom is 0.379 e. The maximum absolute atomic E-state index is 11.7. The smallest absolute Gasteiger partial charge is 0.378 e. The number of anilines is 1. The van der Waals surface area contributed by atoms with Crippen molar-refractivity contribution < 1.29 is 14.8 Å². The summed E-state index contributed by atoms with van der Waals surface area (Å²) in [5.41, 5.74) is 3.64. The van der Waals surface area contributed by atoms with Crippen molar-refractivity contribution in [2.75, 3.05) is 5.06 Å². The van der Waals surface area contributed by atoms with E-state index in [1.807, 2.05) is 25.1 Å². The highest BCUT2D eigenvalue weighted by Crippen LogP contribution is 2.14. The molecule has 0 aromatic heterocycles. The summed E-state index contributed by atoms with van der Waals surface area (Å²) in [7, 11) is 0. The third-order valence-electron chi connectivity index (χ3n) is 2.76. The van der Waals surface area contributed by atoms with E-state index in [0.29, 0.717) is 16.5 Å². The van der Waals surface area contributed by atoms with Crippen LogP contribution in [-0.4, -0.2) is 11.2 Å². The van der Waals surface area contributed by atoms with Gasteiger partial charge >= 0.3 is 6.03 Å². The van der Waals surface area contributed by atoms with Gasteiger partial charge in [0.05, 0.1) is 5.69 Å². The van der Waals surface area contributed by atoms with Gasteiger partial charge in [-0.25, -0.2) is 4.79 Å². The third-order valence-corrected chi connectivity index (χ3v) is 2.76. The van der Waals surface area contributed by atoms with Crippen molar-refractivity contribution in [3.63, 3.8) is 0 Å². The Morgan fingerprint density at radius 1 is 1.20 bits per heavy atom. The van der Waals surface area contributed by atoms with Gasteiger partial charge in [0.2, 0.25) is 0 Å². The summed E-state index contributed by atoms with van der Waals surface area (Å²) in [4.78, 5) is 16.9. The van der Waals surface area contributed by atoms with Crippen molar-refractivity contribution >= 4 is 11.7 Å². The Morgan fingerprint density at radius 2 is 1.95 bits per heavy atom. The molecule has 0 spiro atoms. The Hall–Kier alpha value is -2.53. The van der Waals surface area contributed by atoms with Gasteiger partial charge in [0.15, 0.2) is 5.75 Å². The molecule has 0 aliphatic heterocycles. The first-order valence-electron chi connectivity index (χ1n) is 6.30. The summed E-state index contributed by atoms with van der Waals surface area (Å²) in [6.45, 7) is 2.03. The fourth-order valence-electron chi connectivity index (χ4n) is 1.66. The molecule has 0 radical (unpaired) electrons. The van der Waals surface area contributed by atoms with Gasteiger partial charge in [0, 0.05) is 0 Å². The molecule has 0 unspecified atom stereocenters. The molecular formula is C15H16N2O3. The number of rotatable bonds is 4. The first-order valence-corrected chi connectivity index (χ1v) is 6.30. The summed E-state index contributed by atoms with van der Waals surface area (Å²) >= 11 is 0. The molecule has 104 valence electrons. The predicted octanol–water partition coefficient (Wildman–Crippen LogP) is 3.15. The molecule has 0 saturated heterocycles. The molecule has 2 amide bonds. The topological polar surface area (TPSA) is 61.8 Å². The predicted molar refractivity (Wildman–Crippen MR) is 75.7 cm³/mol. The number of hydroxylamine groups is 2. The van der Waals surface area contributed by atoms with E-state index < -0.39 is 6.03 Å². The van der Waals surface area contributed by atoms with Gasteiger partial charge in [-0.05, 0) is 36.2 Å². The van der Waals surface area contributed by atoms with Crippen molar-refractivity contribution in [3.05, 3.63) is 60.2 Å². The lowest BCUT2D eigenvalue weighted by Gasteiger charge is -2.15. The number of urea groups is 1. The number of aryl methyl sites for hydroxylation is 1. The normalized spacial score (nSPS) is 9.90. The summed E-state index contributed by atoms with van der Waals surface area (Å²) in [6, 6.07) is 15.0. The summed E-state index contributed by atoms with van der Waals surface area (Å²) in [5, 5.41) is 10.2. The highest BCUT2D eigenvalue weighted by atomic mass is 16.7. The van der Waals surface area contributed by atoms with Crippen LogP contribution in [0, 0.1) is 0 Å². The third kappa shape index (κ3) is 3.49. The molecule has 0 saturated carbocycles. The van der Waals surface area contributed by atoms with Crippen LogP contribution in [-0.2, 0) is 6.42 Å². The van der Waals surface area contributed by atoms with E-state index in [1.54, 1.807) is 36.4 Å². The van der Waals surface area contributed by atoms with Crippen LogP contribution in [0.3, 0.4) is 0 Å². The standard InChI is InChI=1S/C15H16N2O3/c1-2-12-7-6-10-14(11-12)20-16-15(18)17(19)13-8-4-3-5-9-13/h3-11,19H,2H2,1H3,(H,16,18). The van der Waals surface area contributed by atoms with Crippen molar-refractivity contribution in [1.82, 2.24) is 5.48 Å². The average Bonchev–Trinajstić information content (AvgIpc) is 2.53. The minimum atomic E-state index is -0.766. The number of hydrogen-bond donors (Lipinski definition) is 2. The van der Waals surface area contributed by atoms with Crippen LogP contribution in [0.1, 0.15) is 12.5 Å². The average molecular weight is 272 g/mol. The van der Waals surface area contributed by atoms with Crippen LogP contribution in [0.5, 0.6) is 5.75 Å². The van der Waals surface area contributed by atoms with Gasteiger partial charge in [-0.15, -0.1) is 0 Å². The molecule has 0 atom stereocenters. The molecule has 2 aromatic rings. The SMILES string of the molecule is CCc1cccc(ONC(=O)N(O)c2ccccc2)c1. The zero-order chi connectivity index (χ0) is 14.4. The molecule has 0 aliphatic carbocycles. The van der Waals surface area contributed by atoms with Crippen LogP contribution < -0.4 is 15.4 Å². The van der Waals surface area contributed by atoms with E-state index in [2.05, 4.69) is 5.48 Å². The molecule has 20 heavy (non-hydrogen) atoms. The highest BCUT2D eigenvalue weighted by Gasteiger charge is 2.13. The number of benzene rings is 2. The van der Waals surface area contributed by atoms with Gasteiger partial charge in [-0.2, -0.15) is 10.5 Å². The second-order valence-corrected chi connectivity index (χ2v) is 4.16. The summed E-state index contributed by atoms with van der Waals surface area (Å²) in [6.07, 6.45) is 0.876. The molecule has 0 heterocycles. The van der Waals surface area contributed by atoms with E-state index in [-0.39, 0.29) is 0 Å². The number of carbonyl (C=O) groups is 1. The van der Waals surface area contributed by atoms with Crippen LogP contribution in [0.4, 0.5) is 10.5 Å². The lowest BCUT2D eigenvalue weighted by atomic mass is 10.2. The molecular weight excluding hydrogens is 256 g/mol. The van der Waals surface area contributed by atoms with E-state index in [1.165, 1.54) is 0 Å². The lowest BCUT2D eigenvalue weighted by molar-refractivity contribution is 0.154. The minimum Gasteiger partial charge on any atom is -0.378 e. The Morgan fingerprint density at radius 3 is 2.65 bits per heavy atom. The quantitative estimate of drug-likeness (QED) is 0.664. The first-order chi connectivity index (χ1) is 9.70. The monoisotopic (exact) mass is 272 g/mol. The molecule has 0 fully saturated rings. The molecule has 0 bridgehead atoms. The van der Waals surface area contributed by atoms with Gasteiger partial charge < -0.3 is 4.84 Å². The number of nitrogens with one attached hydrogen (secondary N) is 1. The van der Waals surface area contributed by atoms with Crippen LogP contribution in [0.15, 0.2) is 54.6 Å². The van der Waals surface area contributed by atoms with Gasteiger partial charge in [0.1, 0.15) is 0 Å². The van der Waals surface area contributed by atoms with Crippen molar-refractivity contribution in [1.29, 1.82) is 0 Å². The number of para-hydroxylation sites is 1. The Kier molecular flexibility index (Phi) is 4.57. The maximum atomic E-state index is 11.7. The van der Waals surface area contributed by atoms with Crippen LogP contribution in [0.25, 0.3) is 0 Å². The zero-order valence-corrected chi connectivity index (χ0v) is 11.1. The van der Waals surface area contributed by atoms with Gasteiger partial charge in [-0.3, -0.25) is 5.21 Å². The number of hydrogen-bond acceptors (Lipinski definition) is 3. The Bertz CT molecular complexity index is 572. The Labute approximate surface area is 117 Å². The Balaban J connectivity index is 1.95. The molecule has 5 nitrogen and oxygen atoms in total. The van der Waals surface area contributed by atoms with Gasteiger partial charge in [-0.1, -0.05) is 37.3 Å². The molecule has 0 aliphatic rings. The largest absolute Gasteiger partial charge is 0.379 e. The summed E-state index contributed by atoms with van der Waals surface area (Å²) < 4.78 is 0. The fraction of sp³-hybridized carbons (Fsp3) is 0.133.